The van der Waals surface area contributed by atoms with Crippen LogP contribution in [-0.2, 0) is 4.43 Å². The van der Waals surface area contributed by atoms with Gasteiger partial charge in [-0.2, -0.15) is 9.98 Å². The van der Waals surface area contributed by atoms with Crippen molar-refractivity contribution in [1.82, 2.24) is 19.2 Å². The Morgan fingerprint density at radius 3 is 2.38 bits per heavy atom. The Morgan fingerprint density at radius 2 is 1.81 bits per heavy atom. The highest BCUT2D eigenvalue weighted by Gasteiger charge is 2.20. The van der Waals surface area contributed by atoms with Crippen LogP contribution < -0.4 is 0 Å². The average molecular weight is 322 g/mol. The highest BCUT2D eigenvalue weighted by Crippen LogP contribution is 2.18. The van der Waals surface area contributed by atoms with Crippen LogP contribution in [0.25, 0.3) is 11.2 Å². The van der Waals surface area contributed by atoms with Crippen LogP contribution in [-0.4, -0.2) is 41.6 Å². The van der Waals surface area contributed by atoms with Gasteiger partial charge < -0.3 is 8.66 Å². The summed E-state index contributed by atoms with van der Waals surface area (Å²) in [5.74, 6) is 1.05. The summed E-state index contributed by atoms with van der Waals surface area (Å²) in [4.78, 5) is 17.5. The lowest BCUT2D eigenvalue weighted by atomic mass is 10.6. The molecule has 0 bridgehead atoms. The number of hydrogen-bond donors (Lipinski definition) is 0. The molecule has 0 aliphatic rings. The Bertz CT molecular complexity index is 682. The highest BCUT2D eigenvalue weighted by atomic mass is 28.4. The SMILES string of the molecule is C/C(=N\c1ncc2ncn([Si](C)(C)C)c2n1)O[Si](C)(C)C. The van der Waals surface area contributed by atoms with E-state index in [1.54, 1.807) is 6.20 Å². The van der Waals surface area contributed by atoms with Crippen LogP contribution in [0.4, 0.5) is 5.95 Å². The molecule has 114 valence electrons. The van der Waals surface area contributed by atoms with Gasteiger partial charge >= 0.3 is 0 Å². The minimum absolute atomic E-state index is 0.429. The van der Waals surface area contributed by atoms with Crippen molar-refractivity contribution in [1.29, 1.82) is 0 Å². The lowest BCUT2D eigenvalue weighted by Gasteiger charge is -2.18. The Morgan fingerprint density at radius 1 is 1.14 bits per heavy atom. The molecule has 0 N–H and O–H groups in total. The van der Waals surface area contributed by atoms with Gasteiger partial charge in [0.2, 0.25) is 8.32 Å². The summed E-state index contributed by atoms with van der Waals surface area (Å²) in [6.45, 7) is 15.0. The first-order chi connectivity index (χ1) is 9.56. The van der Waals surface area contributed by atoms with E-state index in [4.69, 9.17) is 4.43 Å². The van der Waals surface area contributed by atoms with Crippen molar-refractivity contribution < 1.29 is 4.43 Å². The summed E-state index contributed by atoms with van der Waals surface area (Å²) in [6.07, 6.45) is 3.57. The van der Waals surface area contributed by atoms with E-state index in [9.17, 15) is 0 Å². The van der Waals surface area contributed by atoms with Crippen molar-refractivity contribution in [2.45, 2.75) is 46.2 Å². The van der Waals surface area contributed by atoms with Gasteiger partial charge in [-0.15, -0.1) is 0 Å². The number of imidazole rings is 1. The van der Waals surface area contributed by atoms with E-state index in [0.717, 1.165) is 11.2 Å². The van der Waals surface area contributed by atoms with Crippen LogP contribution in [0.3, 0.4) is 0 Å². The monoisotopic (exact) mass is 321 g/mol. The number of hydrogen-bond acceptors (Lipinski definition) is 5. The fraction of sp³-hybridized carbons (Fsp3) is 0.538. The van der Waals surface area contributed by atoms with Gasteiger partial charge in [-0.05, 0) is 19.6 Å². The molecule has 2 aromatic rings. The number of aliphatic imine (C=N–C) groups is 1. The summed E-state index contributed by atoms with van der Waals surface area (Å²) in [7, 11) is -3.21. The Labute approximate surface area is 127 Å². The molecule has 0 saturated carbocycles. The van der Waals surface area contributed by atoms with E-state index in [2.05, 4.69) is 63.5 Å². The molecule has 21 heavy (non-hydrogen) atoms. The van der Waals surface area contributed by atoms with Crippen molar-refractivity contribution >= 4 is 39.6 Å². The third kappa shape index (κ3) is 3.97. The third-order valence-electron chi connectivity index (χ3n) is 2.71. The smallest absolute Gasteiger partial charge is 0.254 e. The molecule has 0 radical (unpaired) electrons. The summed E-state index contributed by atoms with van der Waals surface area (Å²) in [5.41, 5.74) is 1.66. The molecular weight excluding hydrogens is 298 g/mol. The summed E-state index contributed by atoms with van der Waals surface area (Å²) in [5, 5.41) is 0. The van der Waals surface area contributed by atoms with Gasteiger partial charge in [0.25, 0.3) is 5.95 Å². The van der Waals surface area contributed by atoms with Gasteiger partial charge in [0, 0.05) is 6.92 Å². The highest BCUT2D eigenvalue weighted by molar-refractivity contribution is 6.75. The maximum Gasteiger partial charge on any atom is 0.254 e. The molecule has 0 aromatic carbocycles. The standard InChI is InChI=1S/C13H23N5OSi2/c1-10(19-21(5,6)7)16-13-14-8-11-12(17-13)18(9-15-11)20(2,3)4/h8-9H,1-7H3/b16-10+. The van der Waals surface area contributed by atoms with Crippen molar-refractivity contribution in [2.75, 3.05) is 0 Å². The Hall–Kier alpha value is -1.55. The van der Waals surface area contributed by atoms with E-state index >= 15 is 0 Å². The molecule has 0 amide bonds. The number of fused-ring (bicyclic) bond motifs is 1. The first-order valence-corrected chi connectivity index (χ1v) is 13.9. The van der Waals surface area contributed by atoms with Crippen molar-refractivity contribution in [3.8, 4) is 0 Å². The van der Waals surface area contributed by atoms with Gasteiger partial charge in [-0.3, -0.25) is 0 Å². The summed E-state index contributed by atoms with van der Waals surface area (Å²) >= 11 is 0. The first-order valence-electron chi connectivity index (χ1n) is 7.01. The second kappa shape index (κ2) is 5.34. The fourth-order valence-corrected chi connectivity index (χ4v) is 4.09. The van der Waals surface area contributed by atoms with E-state index in [1.165, 1.54) is 0 Å². The first kappa shape index (κ1) is 15.8. The lowest BCUT2D eigenvalue weighted by Crippen LogP contribution is -2.31. The molecule has 0 aliphatic heterocycles. The van der Waals surface area contributed by atoms with Crippen LogP contribution in [0, 0.1) is 0 Å². The molecule has 6 nitrogen and oxygen atoms in total. The van der Waals surface area contributed by atoms with Crippen LogP contribution in [0.15, 0.2) is 17.5 Å². The zero-order chi connectivity index (χ0) is 15.8. The number of nitrogens with zero attached hydrogens (tertiary/aromatic N) is 5. The lowest BCUT2D eigenvalue weighted by molar-refractivity contribution is 0.547. The fourth-order valence-electron chi connectivity index (χ4n) is 1.95. The molecule has 2 aromatic heterocycles. The van der Waals surface area contributed by atoms with Gasteiger partial charge in [0.05, 0.1) is 12.5 Å². The predicted molar refractivity (Wildman–Crippen MR) is 91.3 cm³/mol. The molecule has 0 aliphatic carbocycles. The van der Waals surface area contributed by atoms with Gasteiger partial charge in [-0.1, -0.05) is 19.6 Å². The number of aromatic nitrogens is 4. The average Bonchev–Trinajstić information content (AvgIpc) is 2.68. The summed E-state index contributed by atoms with van der Waals surface area (Å²) < 4.78 is 7.99. The maximum absolute atomic E-state index is 5.83. The van der Waals surface area contributed by atoms with Gasteiger partial charge in [0.15, 0.2) is 19.8 Å². The van der Waals surface area contributed by atoms with Crippen molar-refractivity contribution in [2.24, 2.45) is 4.99 Å². The second-order valence-corrected chi connectivity index (χ2v) is 16.3. The zero-order valence-electron chi connectivity index (χ0n) is 13.8. The van der Waals surface area contributed by atoms with Crippen LogP contribution in [0.2, 0.25) is 39.3 Å². The van der Waals surface area contributed by atoms with Crippen LogP contribution in [0.1, 0.15) is 6.92 Å². The minimum Gasteiger partial charge on any atom is -0.535 e. The van der Waals surface area contributed by atoms with Crippen molar-refractivity contribution in [3.05, 3.63) is 12.5 Å². The normalized spacial score (nSPS) is 13.8. The number of rotatable bonds is 3. The van der Waals surface area contributed by atoms with E-state index < -0.39 is 16.6 Å². The largest absolute Gasteiger partial charge is 0.535 e. The molecule has 2 heterocycles. The third-order valence-corrected chi connectivity index (χ3v) is 5.39. The molecule has 8 heteroatoms. The molecule has 0 atom stereocenters. The molecule has 0 spiro atoms. The zero-order valence-corrected chi connectivity index (χ0v) is 15.8. The van der Waals surface area contributed by atoms with E-state index in [-0.39, 0.29) is 0 Å². The quantitative estimate of drug-likeness (QED) is 0.493. The Kier molecular flexibility index (Phi) is 4.02. The molecular formula is C13H23N5OSi2. The topological polar surface area (TPSA) is 65.2 Å². The molecule has 2 rings (SSSR count). The molecule has 0 saturated heterocycles. The van der Waals surface area contributed by atoms with Crippen molar-refractivity contribution in [3.63, 3.8) is 0 Å². The Balaban J connectivity index is 2.41. The maximum atomic E-state index is 5.83. The minimum atomic E-state index is -1.65. The van der Waals surface area contributed by atoms with Crippen LogP contribution in [0.5, 0.6) is 0 Å². The predicted octanol–water partition coefficient (Wildman–Crippen LogP) is 3.41. The molecule has 0 unspecified atom stereocenters. The van der Waals surface area contributed by atoms with Gasteiger partial charge in [-0.25, -0.2) is 9.97 Å². The summed E-state index contributed by atoms with van der Waals surface area (Å²) in [6, 6.07) is 0. The molecule has 0 fully saturated rings. The van der Waals surface area contributed by atoms with Crippen LogP contribution >= 0.6 is 0 Å². The van der Waals surface area contributed by atoms with E-state index in [1.807, 2.05) is 13.3 Å². The second-order valence-electron chi connectivity index (χ2n) is 7.01. The van der Waals surface area contributed by atoms with E-state index in [0.29, 0.717) is 11.8 Å². The van der Waals surface area contributed by atoms with Gasteiger partial charge in [0.1, 0.15) is 5.52 Å².